The highest BCUT2D eigenvalue weighted by atomic mass is 79.9. The minimum Gasteiger partial charge on any atom is -0.464 e. The maximum atomic E-state index is 12.4. The summed E-state index contributed by atoms with van der Waals surface area (Å²) in [6.45, 7) is 7.66. The second kappa shape index (κ2) is 6.57. The van der Waals surface area contributed by atoms with Gasteiger partial charge in [0.05, 0.1) is 10.9 Å². The minimum absolute atomic E-state index is 0.0726. The molecule has 0 saturated heterocycles. The third-order valence-corrected chi connectivity index (χ3v) is 3.09. The number of furan rings is 1. The molecular formula is C14H23BrN2O2. The fourth-order valence-electron chi connectivity index (χ4n) is 1.71. The van der Waals surface area contributed by atoms with E-state index < -0.39 is 4.32 Å². The Morgan fingerprint density at radius 2 is 1.95 bits per heavy atom. The summed E-state index contributed by atoms with van der Waals surface area (Å²) in [7, 11) is 4.00. The van der Waals surface area contributed by atoms with E-state index >= 15 is 0 Å². The topological polar surface area (TPSA) is 36.7 Å². The van der Waals surface area contributed by atoms with Gasteiger partial charge in [-0.3, -0.25) is 4.79 Å². The molecule has 0 N–H and O–H groups in total. The summed E-state index contributed by atoms with van der Waals surface area (Å²) in [4.78, 5) is 16.3. The highest BCUT2D eigenvalue weighted by molar-refractivity contribution is 9.10. The van der Waals surface area contributed by atoms with Crippen molar-refractivity contribution >= 4 is 21.8 Å². The van der Waals surface area contributed by atoms with Crippen molar-refractivity contribution < 1.29 is 9.21 Å². The Labute approximate surface area is 123 Å². The summed E-state index contributed by atoms with van der Waals surface area (Å²) in [5.74, 6) is 1.76. The molecule has 0 aromatic carbocycles. The van der Waals surface area contributed by atoms with E-state index in [0.29, 0.717) is 13.1 Å². The lowest BCUT2D eigenvalue weighted by atomic mass is 10.2. The number of halogens is 1. The van der Waals surface area contributed by atoms with Crippen molar-refractivity contribution in [2.24, 2.45) is 0 Å². The third-order valence-electron chi connectivity index (χ3n) is 2.76. The van der Waals surface area contributed by atoms with Crippen LogP contribution in [0.1, 0.15) is 25.4 Å². The first kappa shape index (κ1) is 16.2. The molecule has 5 heteroatoms. The average molecular weight is 331 g/mol. The van der Waals surface area contributed by atoms with E-state index in [0.717, 1.165) is 18.1 Å². The van der Waals surface area contributed by atoms with E-state index in [4.69, 9.17) is 4.42 Å². The molecule has 0 fully saturated rings. The lowest BCUT2D eigenvalue weighted by Gasteiger charge is -2.28. The van der Waals surface area contributed by atoms with Gasteiger partial charge in [-0.2, -0.15) is 0 Å². The number of hydrogen-bond acceptors (Lipinski definition) is 3. The molecule has 1 aromatic heterocycles. The van der Waals surface area contributed by atoms with Crippen LogP contribution in [0.5, 0.6) is 0 Å². The van der Waals surface area contributed by atoms with Crippen LogP contribution in [-0.2, 0) is 11.3 Å². The summed E-state index contributed by atoms with van der Waals surface area (Å²) < 4.78 is 5.01. The quantitative estimate of drug-likeness (QED) is 0.752. The highest BCUT2D eigenvalue weighted by Gasteiger charge is 2.29. The zero-order chi connectivity index (χ0) is 14.6. The molecule has 108 valence electrons. The second-order valence-corrected chi connectivity index (χ2v) is 7.50. The fourth-order valence-corrected chi connectivity index (χ4v) is 1.96. The number of amides is 1. The molecule has 0 spiro atoms. The van der Waals surface area contributed by atoms with E-state index in [9.17, 15) is 4.79 Å². The smallest absolute Gasteiger partial charge is 0.239 e. The minimum atomic E-state index is -0.555. The SMILES string of the molecule is Cc1ccc(CN(CCN(C)C)C(=O)C(C)(C)Br)o1. The van der Waals surface area contributed by atoms with Gasteiger partial charge in [-0.15, -0.1) is 0 Å². The summed E-state index contributed by atoms with van der Waals surface area (Å²) in [5, 5.41) is 0. The third kappa shape index (κ3) is 5.37. The van der Waals surface area contributed by atoms with Crippen LogP contribution in [0.3, 0.4) is 0 Å². The normalized spacial score (nSPS) is 11.9. The van der Waals surface area contributed by atoms with Crippen LogP contribution in [0.25, 0.3) is 0 Å². The number of carbonyl (C=O) groups excluding carboxylic acids is 1. The molecule has 19 heavy (non-hydrogen) atoms. The van der Waals surface area contributed by atoms with E-state index in [1.165, 1.54) is 0 Å². The molecule has 0 aliphatic carbocycles. The number of nitrogens with zero attached hydrogens (tertiary/aromatic N) is 2. The summed E-state index contributed by atoms with van der Waals surface area (Å²) >= 11 is 3.43. The molecule has 1 rings (SSSR count). The van der Waals surface area contributed by atoms with Gasteiger partial charge in [-0.05, 0) is 47.0 Å². The Bertz CT molecular complexity index is 421. The largest absolute Gasteiger partial charge is 0.464 e. The van der Waals surface area contributed by atoms with Crippen molar-refractivity contribution in [2.75, 3.05) is 27.2 Å². The molecule has 1 heterocycles. The van der Waals surface area contributed by atoms with Crippen molar-refractivity contribution in [3.8, 4) is 0 Å². The highest BCUT2D eigenvalue weighted by Crippen LogP contribution is 2.21. The first-order chi connectivity index (χ1) is 8.70. The number of likely N-dealkylation sites (N-methyl/N-ethyl adjacent to an activating group) is 1. The Balaban J connectivity index is 2.77. The van der Waals surface area contributed by atoms with Gasteiger partial charge in [0.15, 0.2) is 0 Å². The number of aryl methyl sites for hydroxylation is 1. The lowest BCUT2D eigenvalue weighted by Crippen LogP contribution is -2.44. The Morgan fingerprint density at radius 3 is 2.37 bits per heavy atom. The Kier molecular flexibility index (Phi) is 5.62. The standard InChI is InChI=1S/C14H23BrN2O2/c1-11-6-7-12(19-11)10-17(9-8-16(4)5)13(18)14(2,3)15/h6-7H,8-10H2,1-5H3. The van der Waals surface area contributed by atoms with E-state index in [-0.39, 0.29) is 5.91 Å². The molecular weight excluding hydrogens is 308 g/mol. The zero-order valence-corrected chi connectivity index (χ0v) is 14.0. The van der Waals surface area contributed by atoms with E-state index in [1.54, 1.807) is 0 Å². The van der Waals surface area contributed by atoms with Gasteiger partial charge < -0.3 is 14.2 Å². The summed E-state index contributed by atoms with van der Waals surface area (Å²) in [6, 6.07) is 3.84. The second-order valence-electron chi connectivity index (χ2n) is 5.51. The average Bonchev–Trinajstić information content (AvgIpc) is 2.67. The van der Waals surface area contributed by atoms with Gasteiger partial charge in [-0.1, -0.05) is 15.9 Å². The van der Waals surface area contributed by atoms with Gasteiger partial charge in [-0.25, -0.2) is 0 Å². The summed E-state index contributed by atoms with van der Waals surface area (Å²) in [6.07, 6.45) is 0. The van der Waals surface area contributed by atoms with E-state index in [2.05, 4.69) is 20.8 Å². The first-order valence-electron chi connectivity index (χ1n) is 6.38. The van der Waals surface area contributed by atoms with E-state index in [1.807, 2.05) is 51.9 Å². The Hall–Kier alpha value is -0.810. The van der Waals surface area contributed by atoms with Gasteiger partial charge in [0.2, 0.25) is 5.91 Å². The predicted molar refractivity (Wildman–Crippen MR) is 80.4 cm³/mol. The first-order valence-corrected chi connectivity index (χ1v) is 7.18. The number of carbonyl (C=O) groups is 1. The molecule has 0 aliphatic heterocycles. The number of rotatable bonds is 6. The monoisotopic (exact) mass is 330 g/mol. The fraction of sp³-hybridized carbons (Fsp3) is 0.643. The summed E-state index contributed by atoms with van der Waals surface area (Å²) in [5.41, 5.74) is 0. The van der Waals surface area contributed by atoms with Gasteiger partial charge in [0.25, 0.3) is 0 Å². The maximum Gasteiger partial charge on any atom is 0.239 e. The van der Waals surface area contributed by atoms with Crippen molar-refractivity contribution in [3.63, 3.8) is 0 Å². The maximum absolute atomic E-state index is 12.4. The van der Waals surface area contributed by atoms with Crippen LogP contribution in [0.2, 0.25) is 0 Å². The van der Waals surface area contributed by atoms with Crippen LogP contribution in [0, 0.1) is 6.92 Å². The van der Waals surface area contributed by atoms with Crippen molar-refractivity contribution in [2.45, 2.75) is 31.6 Å². The van der Waals surface area contributed by atoms with Gasteiger partial charge in [0.1, 0.15) is 11.5 Å². The predicted octanol–water partition coefficient (Wildman–Crippen LogP) is 2.65. The lowest BCUT2D eigenvalue weighted by molar-refractivity contribution is -0.133. The van der Waals surface area contributed by atoms with Crippen LogP contribution >= 0.6 is 15.9 Å². The molecule has 0 aliphatic rings. The molecule has 4 nitrogen and oxygen atoms in total. The van der Waals surface area contributed by atoms with Crippen molar-refractivity contribution in [1.29, 1.82) is 0 Å². The molecule has 0 radical (unpaired) electrons. The van der Waals surface area contributed by atoms with Crippen molar-refractivity contribution in [3.05, 3.63) is 23.7 Å². The molecule has 0 unspecified atom stereocenters. The van der Waals surface area contributed by atoms with Crippen LogP contribution < -0.4 is 0 Å². The number of hydrogen-bond donors (Lipinski definition) is 0. The molecule has 1 aromatic rings. The molecule has 1 amide bonds. The molecule has 0 bridgehead atoms. The van der Waals surface area contributed by atoms with Gasteiger partial charge >= 0.3 is 0 Å². The molecule has 0 saturated carbocycles. The zero-order valence-electron chi connectivity index (χ0n) is 12.4. The number of alkyl halides is 1. The van der Waals surface area contributed by atoms with Crippen LogP contribution in [0.15, 0.2) is 16.5 Å². The van der Waals surface area contributed by atoms with Crippen molar-refractivity contribution in [1.82, 2.24) is 9.80 Å². The molecule has 0 atom stereocenters. The van der Waals surface area contributed by atoms with Crippen LogP contribution in [-0.4, -0.2) is 47.2 Å². The Morgan fingerprint density at radius 1 is 1.32 bits per heavy atom. The van der Waals surface area contributed by atoms with Gasteiger partial charge in [0, 0.05) is 13.1 Å². The van der Waals surface area contributed by atoms with Crippen LogP contribution in [0.4, 0.5) is 0 Å².